The minimum absolute atomic E-state index is 0.0698. The maximum Gasteiger partial charge on any atom is 0.174 e. The van der Waals surface area contributed by atoms with Crippen LogP contribution in [0.25, 0.3) is 5.69 Å². The fourth-order valence-corrected chi connectivity index (χ4v) is 5.59. The predicted octanol–water partition coefficient (Wildman–Crippen LogP) is 7.22. The third kappa shape index (κ3) is 4.65. The van der Waals surface area contributed by atoms with Crippen molar-refractivity contribution in [1.29, 1.82) is 0 Å². The molecule has 2 atom stereocenters. The average Bonchev–Trinajstić information content (AvgIpc) is 3.35. The van der Waals surface area contributed by atoms with E-state index in [1.165, 1.54) is 17.0 Å². The van der Waals surface area contributed by atoms with Crippen LogP contribution in [-0.4, -0.2) is 20.8 Å². The van der Waals surface area contributed by atoms with Gasteiger partial charge in [-0.3, -0.25) is 4.98 Å². The molecule has 0 aliphatic carbocycles. The number of benzene rings is 2. The van der Waals surface area contributed by atoms with Crippen LogP contribution >= 0.6 is 28.1 Å². The predicted molar refractivity (Wildman–Crippen MR) is 153 cm³/mol. The Morgan fingerprint density at radius 1 is 0.972 bits per heavy atom. The molecule has 1 aliphatic rings. The summed E-state index contributed by atoms with van der Waals surface area (Å²) in [6.07, 6.45) is 1.96. The van der Waals surface area contributed by atoms with Crippen LogP contribution in [0, 0.1) is 13.8 Å². The summed E-state index contributed by atoms with van der Waals surface area (Å²) in [7, 11) is 0. The number of aryl methyl sites for hydroxylation is 1. The smallest absolute Gasteiger partial charge is 0.174 e. The highest BCUT2D eigenvalue weighted by molar-refractivity contribution is 9.10. The van der Waals surface area contributed by atoms with E-state index < -0.39 is 0 Å². The number of ether oxygens (including phenoxy) is 1. The van der Waals surface area contributed by atoms with Crippen LogP contribution in [0.3, 0.4) is 0 Å². The van der Waals surface area contributed by atoms with E-state index in [9.17, 15) is 0 Å². The van der Waals surface area contributed by atoms with Gasteiger partial charge in [0.05, 0.1) is 23.9 Å². The van der Waals surface area contributed by atoms with Gasteiger partial charge in [-0.05, 0) is 112 Å². The third-order valence-corrected chi connectivity index (χ3v) is 7.30. The number of anilines is 1. The molecule has 2 aromatic carbocycles. The normalized spacial score (nSPS) is 17.5. The molecule has 7 heteroatoms. The molecule has 0 amide bonds. The van der Waals surface area contributed by atoms with Crippen molar-refractivity contribution in [2.45, 2.75) is 45.9 Å². The first-order valence-electron chi connectivity index (χ1n) is 12.1. The second kappa shape index (κ2) is 10.1. The fourth-order valence-electron chi connectivity index (χ4n) is 4.98. The minimum atomic E-state index is -0.0934. The van der Waals surface area contributed by atoms with Gasteiger partial charge >= 0.3 is 0 Å². The molecule has 5 nitrogen and oxygen atoms in total. The van der Waals surface area contributed by atoms with E-state index in [2.05, 4.69) is 93.1 Å². The van der Waals surface area contributed by atoms with Crippen LogP contribution in [-0.2, 0) is 0 Å². The molecule has 5 rings (SSSR count). The zero-order valence-corrected chi connectivity index (χ0v) is 23.2. The summed E-state index contributed by atoms with van der Waals surface area (Å²) in [5.74, 6) is 0.845. The zero-order chi connectivity index (χ0) is 25.4. The van der Waals surface area contributed by atoms with Gasteiger partial charge in [0.2, 0.25) is 0 Å². The Morgan fingerprint density at radius 2 is 1.67 bits per heavy atom. The van der Waals surface area contributed by atoms with Gasteiger partial charge in [0.25, 0.3) is 0 Å². The van der Waals surface area contributed by atoms with Gasteiger partial charge in [-0.25, -0.2) is 0 Å². The van der Waals surface area contributed by atoms with Crippen LogP contribution in [0.2, 0.25) is 0 Å². The molecule has 0 radical (unpaired) electrons. The van der Waals surface area contributed by atoms with Crippen molar-refractivity contribution in [2.75, 3.05) is 4.90 Å². The zero-order valence-electron chi connectivity index (χ0n) is 20.8. The molecule has 0 saturated carbocycles. The number of pyridine rings is 1. The lowest BCUT2D eigenvalue weighted by atomic mass is 9.96. The number of halogens is 1. The van der Waals surface area contributed by atoms with Crippen molar-refractivity contribution in [3.8, 4) is 11.4 Å². The number of hydrogen-bond acceptors (Lipinski definition) is 3. The van der Waals surface area contributed by atoms with Crippen LogP contribution in [0.1, 0.15) is 48.6 Å². The van der Waals surface area contributed by atoms with Gasteiger partial charge in [0, 0.05) is 33.4 Å². The Morgan fingerprint density at radius 3 is 2.31 bits per heavy atom. The molecule has 184 valence electrons. The minimum Gasteiger partial charge on any atom is -0.491 e. The molecule has 0 bridgehead atoms. The van der Waals surface area contributed by atoms with Gasteiger partial charge in [0.1, 0.15) is 5.75 Å². The van der Waals surface area contributed by atoms with Crippen molar-refractivity contribution in [2.24, 2.45) is 0 Å². The Hall–Kier alpha value is -3.16. The Labute approximate surface area is 226 Å². The van der Waals surface area contributed by atoms with E-state index >= 15 is 0 Å². The van der Waals surface area contributed by atoms with E-state index in [4.69, 9.17) is 21.9 Å². The van der Waals surface area contributed by atoms with E-state index in [0.717, 1.165) is 27.3 Å². The van der Waals surface area contributed by atoms with Gasteiger partial charge < -0.3 is 19.5 Å². The first-order chi connectivity index (χ1) is 17.3. The summed E-state index contributed by atoms with van der Waals surface area (Å²) in [6.45, 7) is 8.39. The van der Waals surface area contributed by atoms with Crippen molar-refractivity contribution in [3.05, 3.63) is 106 Å². The second-order valence-electron chi connectivity index (χ2n) is 9.30. The molecule has 36 heavy (non-hydrogen) atoms. The molecular formula is C29H29BrN4OS. The van der Waals surface area contributed by atoms with Crippen LogP contribution in [0.4, 0.5) is 5.69 Å². The molecule has 3 heterocycles. The van der Waals surface area contributed by atoms with Gasteiger partial charge in [-0.15, -0.1) is 0 Å². The first-order valence-corrected chi connectivity index (χ1v) is 13.3. The number of hydrogen-bond donors (Lipinski definition) is 1. The average molecular weight is 562 g/mol. The van der Waals surface area contributed by atoms with Crippen LogP contribution in [0.5, 0.6) is 5.75 Å². The van der Waals surface area contributed by atoms with E-state index in [-0.39, 0.29) is 18.2 Å². The highest BCUT2D eigenvalue weighted by Gasteiger charge is 2.42. The molecule has 1 aliphatic heterocycles. The lowest BCUT2D eigenvalue weighted by Crippen LogP contribution is -2.29. The monoisotopic (exact) mass is 560 g/mol. The molecule has 4 aromatic rings. The summed E-state index contributed by atoms with van der Waals surface area (Å²) >= 11 is 9.47. The first kappa shape index (κ1) is 24.5. The summed E-state index contributed by atoms with van der Waals surface area (Å²) < 4.78 is 9.24. The maximum absolute atomic E-state index is 5.91. The highest BCUT2D eigenvalue weighted by Crippen LogP contribution is 2.44. The van der Waals surface area contributed by atoms with Gasteiger partial charge in [0.15, 0.2) is 5.11 Å². The van der Waals surface area contributed by atoms with Crippen molar-refractivity contribution in [1.82, 2.24) is 14.9 Å². The summed E-state index contributed by atoms with van der Waals surface area (Å²) in [5.41, 5.74) is 6.66. The SMILES string of the molecule is Cc1cc(C2C(c3ccccn3)NC(=S)N2c2ccc(OC(C)C)cc2)c(C)n1-c1ccc(Br)cc1. The van der Waals surface area contributed by atoms with E-state index in [0.29, 0.717) is 5.11 Å². The van der Waals surface area contributed by atoms with Crippen molar-refractivity contribution >= 4 is 38.9 Å². The second-order valence-corrected chi connectivity index (χ2v) is 10.6. The Bertz CT molecular complexity index is 1370. The number of aromatic nitrogens is 2. The lowest BCUT2D eigenvalue weighted by molar-refractivity contribution is 0.242. The number of thiocarbonyl (C=S) groups is 1. The summed E-state index contributed by atoms with van der Waals surface area (Å²) in [6, 6.07) is 24.7. The largest absolute Gasteiger partial charge is 0.491 e. The Balaban J connectivity index is 1.62. The van der Waals surface area contributed by atoms with Gasteiger partial charge in [-0.1, -0.05) is 22.0 Å². The van der Waals surface area contributed by atoms with E-state index in [1.54, 1.807) is 0 Å². The topological polar surface area (TPSA) is 42.3 Å². The standard InChI is InChI=1S/C29H29BrN4OS/c1-18(2)35-24-14-12-23(13-15-24)34-28(27(32-29(34)36)26-7-5-6-16-31-26)25-17-19(3)33(20(25)4)22-10-8-21(30)9-11-22/h5-18,27-28H,1-4H3,(H,32,36). The van der Waals surface area contributed by atoms with E-state index in [1.807, 2.05) is 44.3 Å². The number of nitrogens with one attached hydrogen (secondary N) is 1. The third-order valence-electron chi connectivity index (χ3n) is 6.46. The molecule has 1 saturated heterocycles. The van der Waals surface area contributed by atoms with Crippen molar-refractivity contribution in [3.63, 3.8) is 0 Å². The molecule has 0 spiro atoms. The van der Waals surface area contributed by atoms with Crippen LogP contribution in [0.15, 0.2) is 83.5 Å². The molecular weight excluding hydrogens is 532 g/mol. The highest BCUT2D eigenvalue weighted by atomic mass is 79.9. The molecule has 2 aromatic heterocycles. The van der Waals surface area contributed by atoms with Crippen molar-refractivity contribution < 1.29 is 4.74 Å². The molecule has 1 fully saturated rings. The van der Waals surface area contributed by atoms with Crippen LogP contribution < -0.4 is 15.0 Å². The quantitative estimate of drug-likeness (QED) is 0.252. The number of nitrogens with zero attached hydrogens (tertiary/aromatic N) is 3. The molecule has 1 N–H and O–H groups in total. The number of rotatable bonds is 6. The molecule has 2 unspecified atom stereocenters. The summed E-state index contributed by atoms with van der Waals surface area (Å²) in [4.78, 5) is 6.90. The van der Waals surface area contributed by atoms with Gasteiger partial charge in [-0.2, -0.15) is 0 Å². The fraction of sp³-hybridized carbons (Fsp3) is 0.241. The lowest BCUT2D eigenvalue weighted by Gasteiger charge is -2.28. The Kier molecular flexibility index (Phi) is 6.86. The maximum atomic E-state index is 5.91. The summed E-state index contributed by atoms with van der Waals surface area (Å²) in [5, 5.41) is 4.25.